The highest BCUT2D eigenvalue weighted by Crippen LogP contribution is 2.72. The average Bonchev–Trinajstić information content (AvgIpc) is 3.53. The lowest BCUT2D eigenvalue weighted by Gasteiger charge is -2.70. The summed E-state index contributed by atoms with van der Waals surface area (Å²) >= 11 is 0. The zero-order valence-electron chi connectivity index (χ0n) is 23.1. The van der Waals surface area contributed by atoms with Gasteiger partial charge >= 0.3 is 0 Å². The third-order valence-electron chi connectivity index (χ3n) is 11.7. The van der Waals surface area contributed by atoms with Gasteiger partial charge in [-0.25, -0.2) is 0 Å². The molecule has 1 saturated heterocycles. The first-order valence-corrected chi connectivity index (χ1v) is 13.9. The summed E-state index contributed by atoms with van der Waals surface area (Å²) in [7, 11) is 1.76. The molecule has 6 nitrogen and oxygen atoms in total. The number of ether oxygens (including phenoxy) is 2. The monoisotopic (exact) mass is 496 g/mol. The van der Waals surface area contributed by atoms with E-state index in [1.807, 2.05) is 13.0 Å². The minimum absolute atomic E-state index is 0.142. The molecule has 7 atom stereocenters. The highest BCUT2D eigenvalue weighted by atomic mass is 16.6. The van der Waals surface area contributed by atoms with Gasteiger partial charge in [0.25, 0.3) is 5.91 Å². The lowest BCUT2D eigenvalue weighted by Crippen LogP contribution is -2.79. The quantitative estimate of drug-likeness (QED) is 0.642. The van der Waals surface area contributed by atoms with Gasteiger partial charge in [-0.05, 0) is 80.9 Å². The second-order valence-corrected chi connectivity index (χ2v) is 14.2. The van der Waals surface area contributed by atoms with Crippen LogP contribution in [-0.2, 0) is 16.6 Å². The predicted octanol–water partition coefficient (Wildman–Crippen LogP) is 4.05. The van der Waals surface area contributed by atoms with E-state index in [1.165, 1.54) is 24.0 Å². The highest BCUT2D eigenvalue weighted by Gasteiger charge is 2.77. The Balaban J connectivity index is 1.61. The van der Waals surface area contributed by atoms with Crippen LogP contribution >= 0.6 is 0 Å². The summed E-state index contributed by atoms with van der Waals surface area (Å²) in [5.41, 5.74) is 6.30. The molecule has 0 aromatic heterocycles. The van der Waals surface area contributed by atoms with Crippen LogP contribution in [0.4, 0.5) is 0 Å². The molecule has 3 aliphatic carbocycles. The third kappa shape index (κ3) is 2.82. The van der Waals surface area contributed by atoms with Crippen molar-refractivity contribution in [3.05, 3.63) is 28.8 Å². The van der Waals surface area contributed by atoms with Crippen LogP contribution in [0.25, 0.3) is 0 Å². The summed E-state index contributed by atoms with van der Waals surface area (Å²) in [6, 6.07) is 4.35. The third-order valence-corrected chi connectivity index (χ3v) is 11.7. The molecule has 1 aromatic carbocycles. The van der Waals surface area contributed by atoms with Crippen molar-refractivity contribution in [1.29, 1.82) is 0 Å². The number of amides is 1. The van der Waals surface area contributed by atoms with Gasteiger partial charge in [0.05, 0.1) is 11.2 Å². The number of methoxy groups -OCH3 is 1. The molecule has 6 rings (SSSR count). The molecular weight excluding hydrogens is 452 g/mol. The van der Waals surface area contributed by atoms with E-state index in [4.69, 9.17) is 15.2 Å². The smallest absolute Gasteiger partial charge is 0.252 e. The molecule has 1 amide bonds. The number of nitrogens with two attached hydrogens (primary N) is 1. The number of carbonyl (C=O) groups excluding carboxylic acids is 1. The van der Waals surface area contributed by atoms with Gasteiger partial charge in [0, 0.05) is 36.6 Å². The molecule has 2 heterocycles. The van der Waals surface area contributed by atoms with Crippen molar-refractivity contribution in [2.45, 2.75) is 102 Å². The molecule has 5 aliphatic rings. The Morgan fingerprint density at radius 2 is 1.94 bits per heavy atom. The number of hydrogen-bond donors (Lipinski definition) is 2. The fraction of sp³-hybridized carbons (Fsp3) is 0.767. The summed E-state index contributed by atoms with van der Waals surface area (Å²) in [5.74, 6) is 0.878. The largest absolute Gasteiger partial charge is 0.485 e. The van der Waals surface area contributed by atoms with E-state index in [9.17, 15) is 9.90 Å². The van der Waals surface area contributed by atoms with Crippen LogP contribution in [0.1, 0.15) is 88.7 Å². The Labute approximate surface area is 215 Å². The first-order valence-electron chi connectivity index (χ1n) is 13.9. The van der Waals surface area contributed by atoms with Crippen LogP contribution < -0.4 is 10.5 Å². The lowest BCUT2D eigenvalue weighted by atomic mass is 9.38. The maximum absolute atomic E-state index is 12.6. The zero-order chi connectivity index (χ0) is 26.1. The van der Waals surface area contributed by atoms with Crippen molar-refractivity contribution < 1.29 is 19.4 Å². The maximum Gasteiger partial charge on any atom is 0.252 e. The number of aliphatic hydroxyl groups is 1. The van der Waals surface area contributed by atoms with Crippen LogP contribution in [0.2, 0.25) is 0 Å². The van der Waals surface area contributed by atoms with E-state index in [2.05, 4.69) is 45.6 Å². The first kappa shape index (κ1) is 24.7. The van der Waals surface area contributed by atoms with Crippen LogP contribution in [-0.4, -0.2) is 59.5 Å². The fourth-order valence-corrected chi connectivity index (χ4v) is 8.93. The van der Waals surface area contributed by atoms with Gasteiger partial charge in [-0.3, -0.25) is 9.69 Å². The van der Waals surface area contributed by atoms with Gasteiger partial charge < -0.3 is 20.3 Å². The molecule has 3 N–H and O–H groups in total. The summed E-state index contributed by atoms with van der Waals surface area (Å²) < 4.78 is 13.4. The molecule has 2 unspecified atom stereocenters. The van der Waals surface area contributed by atoms with Gasteiger partial charge in [-0.2, -0.15) is 0 Å². The van der Waals surface area contributed by atoms with Crippen molar-refractivity contribution in [2.24, 2.45) is 28.4 Å². The topological polar surface area (TPSA) is 85.0 Å². The van der Waals surface area contributed by atoms with Crippen LogP contribution in [0, 0.1) is 22.7 Å². The van der Waals surface area contributed by atoms with Crippen molar-refractivity contribution >= 4 is 5.91 Å². The number of rotatable bonds is 5. The Morgan fingerprint density at radius 1 is 1.25 bits per heavy atom. The van der Waals surface area contributed by atoms with Gasteiger partial charge in [0.1, 0.15) is 17.5 Å². The maximum atomic E-state index is 12.6. The molecule has 1 aromatic rings. The zero-order valence-corrected chi connectivity index (χ0v) is 23.1. The molecule has 2 bridgehead atoms. The number of piperidine rings is 1. The van der Waals surface area contributed by atoms with Gasteiger partial charge in [0.15, 0.2) is 0 Å². The number of nitrogens with zero attached hydrogens (tertiary/aromatic N) is 1. The van der Waals surface area contributed by atoms with Gasteiger partial charge in [-0.1, -0.05) is 33.8 Å². The first-order chi connectivity index (χ1) is 16.7. The molecule has 3 fully saturated rings. The van der Waals surface area contributed by atoms with E-state index in [0.29, 0.717) is 17.4 Å². The lowest BCUT2D eigenvalue weighted by molar-refractivity contribution is -0.270. The minimum Gasteiger partial charge on any atom is -0.485 e. The molecular formula is C30H44N2O4. The van der Waals surface area contributed by atoms with Crippen molar-refractivity contribution in [1.82, 2.24) is 4.90 Å². The second-order valence-electron chi connectivity index (χ2n) is 14.2. The summed E-state index contributed by atoms with van der Waals surface area (Å²) in [5, 5.41) is 12.2. The summed E-state index contributed by atoms with van der Waals surface area (Å²) in [4.78, 5) is 15.3. The van der Waals surface area contributed by atoms with E-state index in [-0.39, 0.29) is 28.3 Å². The number of hydrogen-bond acceptors (Lipinski definition) is 5. The standard InChI is InChI=1S/C30H44N2O4/c1-26(2,3)29(6,34)20-15-27(4)21-14-18-10-11-19(24(31)33)23-22(18)30(27,25(36-23)28(20,5)35-7)12-13-32(21)16-17-8-9-17/h10-11,17,20-21,25,34H,8-9,12-16H2,1-7H3,(H2,31,33)/t20?,21-,25+,27-,28-,29?,30+/m1/s1. The average molecular weight is 497 g/mol. The summed E-state index contributed by atoms with van der Waals surface area (Å²) in [6.07, 6.45) is 5.10. The Morgan fingerprint density at radius 3 is 2.53 bits per heavy atom. The molecule has 0 radical (unpaired) electrons. The molecule has 198 valence electrons. The van der Waals surface area contributed by atoms with Crippen molar-refractivity contribution in [3.8, 4) is 5.75 Å². The number of benzene rings is 1. The molecule has 2 saturated carbocycles. The van der Waals surface area contributed by atoms with E-state index in [1.54, 1.807) is 7.11 Å². The minimum atomic E-state index is -0.997. The van der Waals surface area contributed by atoms with Gasteiger partial charge in [0.2, 0.25) is 0 Å². The van der Waals surface area contributed by atoms with Crippen molar-refractivity contribution in [2.75, 3.05) is 20.2 Å². The number of carbonyl (C=O) groups is 1. The number of primary amides is 1. The Kier molecular flexibility index (Phi) is 4.98. The van der Waals surface area contributed by atoms with Crippen molar-refractivity contribution in [3.63, 3.8) is 0 Å². The fourth-order valence-electron chi connectivity index (χ4n) is 8.93. The van der Waals surface area contributed by atoms with E-state index >= 15 is 0 Å². The molecule has 6 heteroatoms. The SMILES string of the molecule is CO[C@]1(C)C(C(C)(O)C(C)(C)C)C[C@]2(C)[C@H]3Cc4ccc(C(N)=O)c5c4[C@@]2(CCN3CC2CC2)[C@H]1O5. The van der Waals surface area contributed by atoms with Crippen LogP contribution in [0.15, 0.2) is 12.1 Å². The highest BCUT2D eigenvalue weighted by molar-refractivity contribution is 5.97. The molecule has 2 aliphatic heterocycles. The summed E-state index contributed by atoms with van der Waals surface area (Å²) in [6.45, 7) is 15.1. The van der Waals surface area contributed by atoms with Crippen LogP contribution in [0.3, 0.4) is 0 Å². The Hall–Kier alpha value is -1.63. The molecule has 36 heavy (non-hydrogen) atoms. The van der Waals surface area contributed by atoms with E-state index < -0.39 is 17.1 Å². The van der Waals surface area contributed by atoms with Crippen LogP contribution in [0.5, 0.6) is 5.75 Å². The Bertz CT molecular complexity index is 1120. The second kappa shape index (κ2) is 7.27. The molecule has 1 spiro atoms. The predicted molar refractivity (Wildman–Crippen MR) is 139 cm³/mol. The van der Waals surface area contributed by atoms with Gasteiger partial charge in [-0.15, -0.1) is 0 Å². The van der Waals surface area contributed by atoms with E-state index in [0.717, 1.165) is 38.3 Å². The number of likely N-dealkylation sites (tertiary alicyclic amines) is 1. The normalized spacial score (nSPS) is 40.8.